The molecule has 0 bridgehead atoms. The van der Waals surface area contributed by atoms with Crippen LogP contribution in [0.1, 0.15) is 63.4 Å². The molecule has 1 saturated carbocycles. The van der Waals surface area contributed by atoms with E-state index in [9.17, 15) is 22.4 Å². The van der Waals surface area contributed by atoms with Crippen molar-refractivity contribution >= 4 is 27.6 Å². The lowest BCUT2D eigenvalue weighted by Crippen LogP contribution is -2.33. The van der Waals surface area contributed by atoms with Gasteiger partial charge in [0.25, 0.3) is 5.91 Å². The number of hydrogen-bond donors (Lipinski definition) is 2. The molecule has 2 aliphatic carbocycles. The number of sulfonamides is 1. The molecular formula is C33H35FN2O7S. The lowest BCUT2D eigenvalue weighted by molar-refractivity contribution is 0.0696. The maximum Gasteiger partial charge on any atom is 0.335 e. The standard InChI is InChI=1S/C33H35FN2O7S/c1-35-32(37)27-19-26-29(43-31(27)23-12-14-25(34)15-13-23)20-28(30(26)22-10-11-22)36(44(2,40)41)16-18-42-17-4-3-5-21-6-8-24(9-7-21)33(38)39/h6-9,12-15,19-20,22H,3-5,10-11,16-18H2,1-2H3,(H,35,37)(H,38,39). The maximum absolute atomic E-state index is 13.6. The smallest absolute Gasteiger partial charge is 0.335 e. The number of carbonyl (C=O) groups excluding carboxylic acids is 1. The molecule has 2 aromatic carbocycles. The number of rotatable bonds is 14. The van der Waals surface area contributed by atoms with Crippen LogP contribution in [-0.2, 0) is 21.2 Å². The fraction of sp³-hybridized carbons (Fsp3) is 0.333. The van der Waals surface area contributed by atoms with Crippen LogP contribution in [0.5, 0.6) is 0 Å². The van der Waals surface area contributed by atoms with Gasteiger partial charge in [-0.05, 0) is 91.6 Å². The third-order valence-corrected chi connectivity index (χ3v) is 8.90. The van der Waals surface area contributed by atoms with Crippen molar-refractivity contribution in [3.05, 3.63) is 88.7 Å². The van der Waals surface area contributed by atoms with Gasteiger partial charge in [0.05, 0.1) is 36.2 Å². The van der Waals surface area contributed by atoms with E-state index >= 15 is 0 Å². The number of carboxylic acids is 1. The average molecular weight is 623 g/mol. The summed E-state index contributed by atoms with van der Waals surface area (Å²) in [5.41, 5.74) is 4.12. The lowest BCUT2D eigenvalue weighted by Gasteiger charge is -2.23. The molecule has 2 aromatic rings. The van der Waals surface area contributed by atoms with Crippen LogP contribution in [0.2, 0.25) is 0 Å². The van der Waals surface area contributed by atoms with Gasteiger partial charge in [0.2, 0.25) is 10.0 Å². The first-order valence-corrected chi connectivity index (χ1v) is 16.4. The molecule has 0 saturated heterocycles. The lowest BCUT2D eigenvalue weighted by atomic mass is 10.0. The van der Waals surface area contributed by atoms with Crippen LogP contribution >= 0.6 is 0 Å². The Bertz CT molecular complexity index is 1710. The topological polar surface area (TPSA) is 126 Å². The van der Waals surface area contributed by atoms with E-state index in [1.54, 1.807) is 24.3 Å². The summed E-state index contributed by atoms with van der Waals surface area (Å²) in [5, 5.41) is 11.7. The molecule has 2 N–H and O–H groups in total. The van der Waals surface area contributed by atoms with Crippen molar-refractivity contribution in [1.82, 2.24) is 5.32 Å². The molecular weight excluding hydrogens is 587 g/mol. The zero-order chi connectivity index (χ0) is 31.4. The third-order valence-electron chi connectivity index (χ3n) is 7.72. The predicted molar refractivity (Wildman–Crippen MR) is 165 cm³/mol. The van der Waals surface area contributed by atoms with Crippen molar-refractivity contribution < 1.29 is 36.7 Å². The summed E-state index contributed by atoms with van der Waals surface area (Å²) < 4.78 is 53.1. The first-order valence-electron chi connectivity index (χ1n) is 14.5. The third kappa shape index (κ3) is 7.11. The van der Waals surface area contributed by atoms with Crippen LogP contribution in [0.15, 0.2) is 65.1 Å². The Labute approximate surface area is 256 Å². The molecule has 0 radical (unpaired) electrons. The van der Waals surface area contributed by atoms with E-state index in [4.69, 9.17) is 14.3 Å². The molecule has 5 rings (SSSR count). The van der Waals surface area contributed by atoms with Gasteiger partial charge in [-0.15, -0.1) is 0 Å². The van der Waals surface area contributed by atoms with Crippen molar-refractivity contribution in [2.45, 2.75) is 38.0 Å². The fourth-order valence-electron chi connectivity index (χ4n) is 5.35. The van der Waals surface area contributed by atoms with Crippen LogP contribution in [0.25, 0.3) is 22.6 Å². The molecule has 9 nitrogen and oxygen atoms in total. The number of carbonyl (C=O) groups is 2. The molecule has 0 unspecified atom stereocenters. The first kappa shape index (κ1) is 31.2. The van der Waals surface area contributed by atoms with Gasteiger partial charge in [0.15, 0.2) is 0 Å². The Morgan fingerprint density at radius 3 is 2.36 bits per heavy atom. The van der Waals surface area contributed by atoms with Crippen molar-refractivity contribution in [3.8, 4) is 22.6 Å². The molecule has 11 heteroatoms. The molecule has 1 amide bonds. The van der Waals surface area contributed by atoms with Crippen molar-refractivity contribution in [2.75, 3.05) is 37.4 Å². The monoisotopic (exact) mass is 622 g/mol. The minimum Gasteiger partial charge on any atom is -0.478 e. The van der Waals surface area contributed by atoms with Gasteiger partial charge in [-0.3, -0.25) is 9.10 Å². The number of unbranched alkanes of at least 4 members (excludes halogenated alkanes) is 1. The van der Waals surface area contributed by atoms with E-state index in [2.05, 4.69) is 5.32 Å². The zero-order valence-electron chi connectivity index (χ0n) is 24.6. The van der Waals surface area contributed by atoms with E-state index in [-0.39, 0.29) is 41.9 Å². The summed E-state index contributed by atoms with van der Waals surface area (Å²) in [6, 6.07) is 15.9. The van der Waals surface area contributed by atoms with Gasteiger partial charge < -0.3 is 19.6 Å². The Balaban J connectivity index is 1.33. The van der Waals surface area contributed by atoms with Crippen LogP contribution in [0.4, 0.5) is 10.1 Å². The number of anilines is 1. The zero-order valence-corrected chi connectivity index (χ0v) is 25.5. The largest absolute Gasteiger partial charge is 0.478 e. The second kappa shape index (κ2) is 13.2. The minimum absolute atomic E-state index is 0.110. The number of amides is 1. The minimum atomic E-state index is -3.69. The summed E-state index contributed by atoms with van der Waals surface area (Å²) in [6.07, 6.45) is 5.34. The first-order chi connectivity index (χ1) is 21.1. The quantitative estimate of drug-likeness (QED) is 0.167. The van der Waals surface area contributed by atoms with Crippen LogP contribution in [0, 0.1) is 5.82 Å². The number of carboxylic acid groups (broad SMARTS) is 1. The van der Waals surface area contributed by atoms with Crippen molar-refractivity contribution in [2.24, 2.45) is 0 Å². The molecule has 0 atom stereocenters. The van der Waals surface area contributed by atoms with Gasteiger partial charge in [0.1, 0.15) is 17.3 Å². The second-order valence-electron chi connectivity index (χ2n) is 11.0. The van der Waals surface area contributed by atoms with Gasteiger partial charge in [-0.1, -0.05) is 12.1 Å². The Morgan fingerprint density at radius 1 is 1.05 bits per heavy atom. The van der Waals surface area contributed by atoms with Gasteiger partial charge in [-0.2, -0.15) is 0 Å². The second-order valence-corrected chi connectivity index (χ2v) is 12.9. The molecule has 1 heterocycles. The molecule has 1 aliphatic heterocycles. The Hall–Kier alpha value is -4.22. The molecule has 1 fully saturated rings. The number of ether oxygens (including phenoxy) is 1. The van der Waals surface area contributed by atoms with E-state index in [1.807, 2.05) is 12.1 Å². The summed E-state index contributed by atoms with van der Waals surface area (Å²) in [6.45, 7) is 0.751. The molecule has 0 spiro atoms. The summed E-state index contributed by atoms with van der Waals surface area (Å²) in [7, 11) is -2.17. The van der Waals surface area contributed by atoms with E-state index in [1.165, 1.54) is 35.6 Å². The summed E-state index contributed by atoms with van der Waals surface area (Å²) in [4.78, 5) is 23.9. The molecule has 0 aromatic heterocycles. The number of benzene rings is 2. The van der Waals surface area contributed by atoms with Gasteiger partial charge in [-0.25, -0.2) is 17.6 Å². The van der Waals surface area contributed by atoms with Crippen LogP contribution in [-0.4, -0.2) is 58.5 Å². The van der Waals surface area contributed by atoms with E-state index in [0.29, 0.717) is 29.2 Å². The highest BCUT2D eigenvalue weighted by atomic mass is 32.2. The Kier molecular flexibility index (Phi) is 9.36. The fourth-order valence-corrected chi connectivity index (χ4v) is 6.26. The van der Waals surface area contributed by atoms with Crippen molar-refractivity contribution in [1.29, 1.82) is 0 Å². The number of nitrogens with one attached hydrogen (secondary N) is 1. The van der Waals surface area contributed by atoms with Crippen LogP contribution < -0.4 is 9.62 Å². The highest BCUT2D eigenvalue weighted by Crippen LogP contribution is 2.53. The van der Waals surface area contributed by atoms with Crippen LogP contribution in [0.3, 0.4) is 0 Å². The normalized spacial score (nSPS) is 13.2. The highest BCUT2D eigenvalue weighted by Gasteiger charge is 2.37. The van der Waals surface area contributed by atoms with Crippen molar-refractivity contribution in [3.63, 3.8) is 0 Å². The summed E-state index contributed by atoms with van der Waals surface area (Å²) >= 11 is 0. The number of fused-ring (bicyclic) bond motifs is 1. The maximum atomic E-state index is 13.6. The number of aryl methyl sites for hydroxylation is 1. The molecule has 232 valence electrons. The summed E-state index contributed by atoms with van der Waals surface area (Å²) in [5.74, 6) is -0.888. The van der Waals surface area contributed by atoms with E-state index in [0.717, 1.165) is 49.5 Å². The average Bonchev–Trinajstić information content (AvgIpc) is 3.77. The number of hydrogen-bond acceptors (Lipinski definition) is 6. The van der Waals surface area contributed by atoms with E-state index < -0.39 is 21.8 Å². The van der Waals surface area contributed by atoms with Gasteiger partial charge in [0, 0.05) is 30.8 Å². The molecule has 44 heavy (non-hydrogen) atoms. The molecule has 3 aliphatic rings. The SMILES string of the molecule is CNC(=O)c1cc2c(C3CC3)c(N(CCOCCCCc3ccc(C(=O)O)cc3)S(C)(=O)=O)cc-2oc1-c1ccc(F)cc1. The number of aromatic carboxylic acids is 1. The number of halogens is 1. The Morgan fingerprint density at radius 2 is 1.75 bits per heavy atom. The predicted octanol–water partition coefficient (Wildman–Crippen LogP) is 5.93. The highest BCUT2D eigenvalue weighted by molar-refractivity contribution is 7.92. The van der Waals surface area contributed by atoms with Gasteiger partial charge >= 0.3 is 5.97 Å². The number of nitrogens with zero attached hydrogens (tertiary/aromatic N) is 1.